The summed E-state index contributed by atoms with van der Waals surface area (Å²) in [7, 11) is 200. The third kappa shape index (κ3) is 51.0. The molecule has 0 fully saturated rings. The molecule has 0 aliphatic heterocycles. The molecule has 54 unspecified atom stereocenters. The summed E-state index contributed by atoms with van der Waals surface area (Å²) in [6.45, 7) is -24.3. The first kappa shape index (κ1) is 146. The number of hydrogen-bond acceptors (Lipinski definition) is 0. The normalized spacial score (nSPS) is 15.3. The largest absolute Gasteiger partial charge is 0.102 e. The predicted octanol–water partition coefficient (Wildman–Crippen LogP) is 60.5. The van der Waals surface area contributed by atoms with Crippen LogP contribution in [0.4, 0.5) is 0 Å². The van der Waals surface area contributed by atoms with E-state index in [-0.39, 0.29) is 0 Å². The molecule has 0 bridgehead atoms. The minimum atomic E-state index is -0.689. The highest BCUT2D eigenvalue weighted by atomic mass is 33.7. The van der Waals surface area contributed by atoms with Crippen LogP contribution in [-0.4, -0.2) is 0 Å². The van der Waals surface area contributed by atoms with Gasteiger partial charge in [0.15, 0.2) is 0 Å². The standard InChI is InChI=1S/H102P102/c1-53(2)79(54(3)4)92(80(55(5)6)56(7)8)98(91(77(49)50)78(51)52)101(97(89(73(41)42)74(43)44)90(75(45)46)76(47)48)102(99(93(81(57(9)10)58(11)12)82(59(13)14)60(15)16)94(83(61(17)18)62(19)20)84(63(21)22)64(23)24)100(95(85(65(25)26)66(27)28)86(67(29)30)68(31)32)96(87(69(33)34)70(35)36)88(71(37)38)72(39)40/h1-2H,3-52H2. The third-order valence-electron chi connectivity index (χ3n) is 9.02. The molecular formula is H102P102. The molecule has 0 aromatic heterocycles. The number of hydrogen-bond donors (Lipinski definition) is 0. The number of rotatable bonds is 49. The summed E-state index contributed by atoms with van der Waals surface area (Å²) >= 11 is 0. The summed E-state index contributed by atoms with van der Waals surface area (Å²) in [4.78, 5) is 0. The summed E-state index contributed by atoms with van der Waals surface area (Å²) in [6.07, 6.45) is 0. The molecule has 0 nitrogen and oxygen atoms in total. The lowest BCUT2D eigenvalue weighted by Crippen LogP contribution is -1.77. The van der Waals surface area contributed by atoms with Crippen molar-refractivity contribution < 1.29 is 0 Å². The Morgan fingerprint density at radius 3 is 0.186 bits per heavy atom. The summed E-state index contributed by atoms with van der Waals surface area (Å²) in [6, 6.07) is 0. The first-order valence-corrected chi connectivity index (χ1v) is 208. The van der Waals surface area contributed by atoms with Gasteiger partial charge in [-0.3, -0.25) is 0 Å². The van der Waals surface area contributed by atoms with Crippen LogP contribution in [0.1, 0.15) is 0 Å². The molecule has 0 saturated heterocycles. The van der Waals surface area contributed by atoms with Gasteiger partial charge < -0.3 is 0 Å². The van der Waals surface area contributed by atoms with E-state index in [9.17, 15) is 0 Å². The fourth-order valence-corrected chi connectivity index (χ4v) is 1530. The second-order valence-electron chi connectivity index (χ2n) is 16.3. The smallest absolute Gasteiger partial charge is 0.000000220 e. The van der Waals surface area contributed by atoms with E-state index < -0.39 is 349 Å². The Kier molecular flexibility index (Phi) is 114. The maximum absolute atomic E-state index is 4.94. The lowest BCUT2D eigenvalue weighted by Gasteiger charge is -2.64. The molecule has 0 saturated carbocycles. The van der Waals surface area contributed by atoms with Crippen molar-refractivity contribution in [3.8, 4) is 0 Å². The van der Waals surface area contributed by atoms with E-state index >= 15 is 0 Å². The van der Waals surface area contributed by atoms with Gasteiger partial charge in [-0.05, 0) is 349 Å². The zero-order chi connectivity index (χ0) is 80.9. The zero-order valence-electron chi connectivity index (χ0n) is 52.2. The van der Waals surface area contributed by atoms with Crippen molar-refractivity contribution in [3.05, 3.63) is 0 Å². The molecular weight excluding hydrogens is 3160 g/mol. The molecule has 0 amide bonds. The van der Waals surface area contributed by atoms with Crippen LogP contribution in [0.15, 0.2) is 0 Å². The minimum absolute atomic E-state index is 0.423. The molecule has 0 aliphatic carbocycles. The molecule has 0 heterocycles. The van der Waals surface area contributed by atoms with Crippen LogP contribution in [0, 0.1) is 0 Å². The van der Waals surface area contributed by atoms with Crippen LogP contribution in [0.3, 0.4) is 0 Å². The maximum atomic E-state index is 4.94. The highest BCUT2D eigenvalue weighted by molar-refractivity contribution is 9.61. The fourth-order valence-electron chi connectivity index (χ4n) is 6.29. The van der Waals surface area contributed by atoms with Gasteiger partial charge in [0.1, 0.15) is 0 Å². The van der Waals surface area contributed by atoms with Gasteiger partial charge in [0, 0.05) is 0 Å². The predicted molar refractivity (Wildman–Crippen MR) is 848 cm³/mol. The molecule has 612 valence electrons. The Balaban J connectivity index is 14.9. The highest BCUT2D eigenvalue weighted by Crippen LogP contribution is 3.55. The summed E-state index contributed by atoms with van der Waals surface area (Å²) < 4.78 is 0. The van der Waals surface area contributed by atoms with Crippen molar-refractivity contribution in [2.24, 2.45) is 0 Å². The Bertz CT molecular complexity index is 1710. The van der Waals surface area contributed by atoms with Crippen molar-refractivity contribution in [2.75, 3.05) is 0 Å². The van der Waals surface area contributed by atoms with Crippen LogP contribution in [0.25, 0.3) is 0 Å². The fraction of sp³-hybridized carbons (Fsp3) is 0. The SMILES string of the molecule is [PH]P([PH])P(P(P)P)P(P(P(P)P)P(P)P)P(P(P(P)P)P(P)P)P(P(P(P(P)P)P(P)P)P(P(P)P)P(P)P)P(P(P(P(P(P)P)P(P)P)P(P(P)P)P(P)P)P(P(P(P)P)P(P)P)P(P(P)P)P(P)P)P(P(P(P(P)P)P(P)P)P(P(P)P)P(P)P)P(P(P(P)P)P(P)P)P(P(P)P)P(P)P. The van der Waals surface area contributed by atoms with Crippen LogP contribution < -0.4 is 0 Å². The molecule has 102 heteroatoms. The van der Waals surface area contributed by atoms with Crippen LogP contribution >= 0.6 is 814 Å². The summed E-state index contributed by atoms with van der Waals surface area (Å²) in [5.74, 6) is 0. The second kappa shape index (κ2) is 79.8. The van der Waals surface area contributed by atoms with Crippen LogP contribution in [0.2, 0.25) is 0 Å². The van der Waals surface area contributed by atoms with Gasteiger partial charge in [-0.25, -0.2) is 0 Å². The van der Waals surface area contributed by atoms with E-state index in [0.717, 1.165) is 0 Å². The average molecular weight is 3260 g/mol. The first-order chi connectivity index (χ1) is 46.4. The molecule has 0 aliphatic rings. The van der Waals surface area contributed by atoms with Crippen molar-refractivity contribution in [1.29, 1.82) is 0 Å². The third-order valence-corrected chi connectivity index (χ3v) is 731. The highest BCUT2D eigenvalue weighted by Gasteiger charge is 2.68. The Labute approximate surface area is 800 Å². The Morgan fingerprint density at radius 2 is 0.127 bits per heavy atom. The monoisotopic (exact) mass is 3260 g/mol. The lowest BCUT2D eigenvalue weighted by molar-refractivity contribution is 4.29. The Morgan fingerprint density at radius 1 is 0.0784 bits per heavy atom. The van der Waals surface area contributed by atoms with Crippen molar-refractivity contribution in [3.63, 3.8) is 0 Å². The minimum Gasteiger partial charge on any atom is -0.102 e. The maximum Gasteiger partial charge on any atom is -0.000000220 e. The van der Waals surface area contributed by atoms with E-state index in [0.29, 0.717) is 0 Å². The molecule has 0 rings (SSSR count). The Hall–Kier alpha value is 43.9. The molecule has 0 aromatic carbocycles. The average Bonchev–Trinajstić information content (AvgIpc) is 3.39. The van der Waals surface area contributed by atoms with Crippen molar-refractivity contribution in [1.82, 2.24) is 0 Å². The van der Waals surface area contributed by atoms with Gasteiger partial charge in [-0.2, -0.15) is 0 Å². The zero-order valence-corrected chi connectivity index (χ0v) is 157. The van der Waals surface area contributed by atoms with Gasteiger partial charge >= 0.3 is 0 Å². The van der Waals surface area contributed by atoms with Gasteiger partial charge in [0.05, 0.1) is 0 Å². The molecule has 2 radical (unpaired) electrons. The molecule has 0 N–H and O–H groups in total. The quantitative estimate of drug-likeness (QED) is 0.0533. The van der Waals surface area contributed by atoms with E-state index in [4.69, 9.17) is 17.9 Å². The van der Waals surface area contributed by atoms with Gasteiger partial charge in [0.2, 0.25) is 0 Å². The van der Waals surface area contributed by atoms with E-state index in [1.807, 2.05) is 0 Å². The van der Waals surface area contributed by atoms with Crippen molar-refractivity contribution in [2.45, 2.75) is 0 Å². The van der Waals surface area contributed by atoms with Gasteiger partial charge in [-0.15, -0.1) is 446 Å². The molecule has 0 aromatic rings. The van der Waals surface area contributed by atoms with E-state index in [1.54, 1.807) is 0 Å². The topological polar surface area (TPSA) is 0 Å². The van der Waals surface area contributed by atoms with Crippen molar-refractivity contribution >= 4 is 814 Å². The molecule has 102 heavy (non-hydrogen) atoms. The molecule has 54 atom stereocenters. The summed E-state index contributed by atoms with van der Waals surface area (Å²) in [5, 5.41) is 0. The lowest BCUT2D eigenvalue weighted by atomic mass is 28.3. The first-order valence-electron chi connectivity index (χ1n) is 23.2. The molecule has 0 spiro atoms. The van der Waals surface area contributed by atoms with Crippen LogP contribution in [0.5, 0.6) is 0 Å². The van der Waals surface area contributed by atoms with E-state index in [2.05, 4.69) is 446 Å². The van der Waals surface area contributed by atoms with E-state index in [1.165, 1.54) is 0 Å². The van der Waals surface area contributed by atoms with Crippen LogP contribution in [-0.2, 0) is 0 Å². The van der Waals surface area contributed by atoms with Gasteiger partial charge in [-0.1, -0.05) is 17.9 Å². The second-order valence-corrected chi connectivity index (χ2v) is 439. The summed E-state index contributed by atoms with van der Waals surface area (Å²) in [5.41, 5.74) is 0. The van der Waals surface area contributed by atoms with Gasteiger partial charge in [0.25, 0.3) is 0 Å².